The molecule has 2 aromatic carbocycles. The molecule has 7 heteroatoms. The highest BCUT2D eigenvalue weighted by molar-refractivity contribution is 6.33. The van der Waals surface area contributed by atoms with Crippen LogP contribution in [0, 0.1) is 6.92 Å². The minimum Gasteiger partial charge on any atom is -0.378 e. The third-order valence-corrected chi connectivity index (χ3v) is 5.65. The number of nitrogens with zero attached hydrogens (tertiary/aromatic N) is 4. The number of carbonyl (C=O) groups excluding carboxylic acids is 1. The lowest BCUT2D eigenvalue weighted by molar-refractivity contribution is 0.0784. The van der Waals surface area contributed by atoms with Gasteiger partial charge in [-0.25, -0.2) is 4.68 Å². The lowest BCUT2D eigenvalue weighted by Crippen LogP contribution is -2.36. The second kappa shape index (κ2) is 8.90. The average molecular weight is 425 g/mol. The van der Waals surface area contributed by atoms with Gasteiger partial charge in [-0.05, 0) is 36.8 Å². The normalized spacial score (nSPS) is 14.0. The van der Waals surface area contributed by atoms with Crippen LogP contribution in [-0.4, -0.2) is 53.9 Å². The maximum absolute atomic E-state index is 13.1. The Kier molecular flexibility index (Phi) is 6.06. The Labute approximate surface area is 181 Å². The van der Waals surface area contributed by atoms with E-state index in [1.807, 2.05) is 37.3 Å². The Morgan fingerprint density at radius 2 is 1.73 bits per heavy atom. The van der Waals surface area contributed by atoms with Gasteiger partial charge in [-0.3, -0.25) is 4.79 Å². The summed E-state index contributed by atoms with van der Waals surface area (Å²) in [7, 11) is 1.79. The van der Waals surface area contributed by atoms with E-state index in [2.05, 4.69) is 34.3 Å². The molecule has 1 saturated heterocycles. The summed E-state index contributed by atoms with van der Waals surface area (Å²) in [5, 5.41) is 4.81. The van der Waals surface area contributed by atoms with Gasteiger partial charge < -0.3 is 14.5 Å². The molecule has 156 valence electrons. The molecule has 6 nitrogen and oxygen atoms in total. The van der Waals surface area contributed by atoms with Crippen LogP contribution in [-0.2, 0) is 11.3 Å². The third-order valence-electron chi connectivity index (χ3n) is 5.30. The van der Waals surface area contributed by atoms with E-state index < -0.39 is 0 Å². The van der Waals surface area contributed by atoms with Crippen molar-refractivity contribution in [3.8, 4) is 5.69 Å². The summed E-state index contributed by atoms with van der Waals surface area (Å²) in [6.07, 6.45) is 0. The first-order valence-electron chi connectivity index (χ1n) is 10.0. The highest BCUT2D eigenvalue weighted by Crippen LogP contribution is 2.25. The van der Waals surface area contributed by atoms with E-state index in [1.54, 1.807) is 16.6 Å². The van der Waals surface area contributed by atoms with E-state index in [4.69, 9.17) is 16.3 Å². The molecule has 1 aromatic heterocycles. The van der Waals surface area contributed by atoms with Crippen molar-refractivity contribution in [2.24, 2.45) is 0 Å². The quantitative estimate of drug-likeness (QED) is 0.622. The molecular weight excluding hydrogens is 400 g/mol. The molecule has 3 aromatic rings. The van der Waals surface area contributed by atoms with Gasteiger partial charge in [0, 0.05) is 32.4 Å². The zero-order valence-corrected chi connectivity index (χ0v) is 18.0. The number of hydrogen-bond acceptors (Lipinski definition) is 4. The van der Waals surface area contributed by atoms with Gasteiger partial charge in [0.15, 0.2) is 0 Å². The summed E-state index contributed by atoms with van der Waals surface area (Å²) in [4.78, 5) is 17.1. The van der Waals surface area contributed by atoms with Crippen molar-refractivity contribution in [1.29, 1.82) is 0 Å². The molecule has 0 bridgehead atoms. The van der Waals surface area contributed by atoms with E-state index >= 15 is 0 Å². The van der Waals surface area contributed by atoms with Crippen molar-refractivity contribution in [1.82, 2.24) is 14.7 Å². The first-order chi connectivity index (χ1) is 14.5. The van der Waals surface area contributed by atoms with E-state index in [1.165, 1.54) is 5.69 Å². The Bertz CT molecular complexity index is 1010. The fourth-order valence-electron chi connectivity index (χ4n) is 3.65. The van der Waals surface area contributed by atoms with E-state index in [0.29, 0.717) is 23.0 Å². The van der Waals surface area contributed by atoms with Crippen molar-refractivity contribution in [3.63, 3.8) is 0 Å². The van der Waals surface area contributed by atoms with Gasteiger partial charge in [-0.1, -0.05) is 41.9 Å². The summed E-state index contributed by atoms with van der Waals surface area (Å²) < 4.78 is 7.02. The molecule has 1 aliphatic heterocycles. The molecule has 1 aliphatic rings. The predicted molar refractivity (Wildman–Crippen MR) is 119 cm³/mol. The topological polar surface area (TPSA) is 50.6 Å². The SMILES string of the molecule is Cc1nn(-c2ccccc2)c(Cl)c1C(=O)N(C)Cc1ccc(N2CCOCC2)cc1. The van der Waals surface area contributed by atoms with Crippen LogP contribution in [0.4, 0.5) is 5.69 Å². The van der Waals surface area contributed by atoms with Crippen molar-refractivity contribution >= 4 is 23.2 Å². The molecular formula is C23H25ClN4O2. The molecule has 30 heavy (non-hydrogen) atoms. The van der Waals surface area contributed by atoms with Crippen LogP contribution in [0.25, 0.3) is 5.69 Å². The van der Waals surface area contributed by atoms with E-state index in [-0.39, 0.29) is 5.91 Å². The van der Waals surface area contributed by atoms with Gasteiger partial charge >= 0.3 is 0 Å². The Hall–Kier alpha value is -2.83. The van der Waals surface area contributed by atoms with Gasteiger partial charge in [0.2, 0.25) is 0 Å². The van der Waals surface area contributed by atoms with Gasteiger partial charge in [0.1, 0.15) is 5.15 Å². The number of hydrogen-bond donors (Lipinski definition) is 0. The molecule has 0 N–H and O–H groups in total. The fraction of sp³-hybridized carbons (Fsp3) is 0.304. The molecule has 0 radical (unpaired) electrons. The average Bonchev–Trinajstić information content (AvgIpc) is 3.08. The summed E-state index contributed by atoms with van der Waals surface area (Å²) in [5.74, 6) is -0.142. The van der Waals surface area contributed by atoms with Crippen LogP contribution in [0.5, 0.6) is 0 Å². The number of ether oxygens (including phenoxy) is 1. The first kappa shape index (κ1) is 20.4. The monoisotopic (exact) mass is 424 g/mol. The number of aromatic nitrogens is 2. The third kappa shape index (κ3) is 4.20. The van der Waals surface area contributed by atoms with Crippen LogP contribution in [0.3, 0.4) is 0 Å². The molecule has 0 aliphatic carbocycles. The molecule has 0 atom stereocenters. The van der Waals surface area contributed by atoms with Crippen LogP contribution in [0.1, 0.15) is 21.6 Å². The first-order valence-corrected chi connectivity index (χ1v) is 10.4. The number of para-hydroxylation sites is 1. The molecule has 0 saturated carbocycles. The van der Waals surface area contributed by atoms with Crippen LogP contribution in [0.15, 0.2) is 54.6 Å². The lowest BCUT2D eigenvalue weighted by atomic mass is 10.1. The van der Waals surface area contributed by atoms with Gasteiger partial charge in [-0.15, -0.1) is 0 Å². The molecule has 1 fully saturated rings. The predicted octanol–water partition coefficient (Wildman–Crippen LogP) is 3.94. The van der Waals surface area contributed by atoms with Crippen molar-refractivity contribution in [2.45, 2.75) is 13.5 Å². The minimum atomic E-state index is -0.142. The number of aryl methyl sites for hydroxylation is 1. The Balaban J connectivity index is 1.48. The standard InChI is InChI=1S/C23H25ClN4O2/c1-17-21(22(24)28(25-17)20-6-4-3-5-7-20)23(29)26(2)16-18-8-10-19(11-9-18)27-12-14-30-15-13-27/h3-11H,12-16H2,1-2H3. The number of amides is 1. The molecule has 2 heterocycles. The van der Waals surface area contributed by atoms with Crippen LogP contribution in [0.2, 0.25) is 5.15 Å². The van der Waals surface area contributed by atoms with Gasteiger partial charge in [0.25, 0.3) is 5.91 Å². The van der Waals surface area contributed by atoms with Crippen molar-refractivity contribution < 1.29 is 9.53 Å². The number of halogens is 1. The highest BCUT2D eigenvalue weighted by atomic mass is 35.5. The Morgan fingerprint density at radius 3 is 2.40 bits per heavy atom. The second-order valence-corrected chi connectivity index (χ2v) is 7.78. The maximum atomic E-state index is 13.1. The zero-order valence-electron chi connectivity index (χ0n) is 17.2. The number of morpholine rings is 1. The Morgan fingerprint density at radius 1 is 1.07 bits per heavy atom. The van der Waals surface area contributed by atoms with Gasteiger partial charge in [-0.2, -0.15) is 5.10 Å². The minimum absolute atomic E-state index is 0.142. The number of carbonyl (C=O) groups is 1. The van der Waals surface area contributed by atoms with E-state index in [9.17, 15) is 4.79 Å². The molecule has 0 spiro atoms. The summed E-state index contributed by atoms with van der Waals surface area (Å²) in [5.41, 5.74) is 4.12. The summed E-state index contributed by atoms with van der Waals surface area (Å²) in [6.45, 7) is 5.63. The zero-order chi connectivity index (χ0) is 21.1. The van der Waals surface area contributed by atoms with Crippen LogP contribution >= 0.6 is 11.6 Å². The number of anilines is 1. The van der Waals surface area contributed by atoms with Crippen LogP contribution < -0.4 is 4.90 Å². The molecule has 4 rings (SSSR count). The largest absolute Gasteiger partial charge is 0.378 e. The lowest BCUT2D eigenvalue weighted by Gasteiger charge is -2.29. The van der Waals surface area contributed by atoms with E-state index in [0.717, 1.165) is 37.6 Å². The molecule has 1 amide bonds. The number of benzene rings is 2. The van der Waals surface area contributed by atoms with Crippen molar-refractivity contribution in [2.75, 3.05) is 38.3 Å². The molecule has 0 unspecified atom stereocenters. The summed E-state index contributed by atoms with van der Waals surface area (Å²) >= 11 is 6.55. The van der Waals surface area contributed by atoms with Gasteiger partial charge in [0.05, 0.1) is 30.2 Å². The van der Waals surface area contributed by atoms with Crippen molar-refractivity contribution in [3.05, 3.63) is 76.6 Å². The smallest absolute Gasteiger partial charge is 0.258 e. The number of rotatable bonds is 5. The second-order valence-electron chi connectivity index (χ2n) is 7.43. The maximum Gasteiger partial charge on any atom is 0.258 e. The summed E-state index contributed by atoms with van der Waals surface area (Å²) in [6, 6.07) is 17.9. The fourth-order valence-corrected chi connectivity index (χ4v) is 4.01. The highest BCUT2D eigenvalue weighted by Gasteiger charge is 2.24.